The highest BCUT2D eigenvalue weighted by molar-refractivity contribution is 9.10. The van der Waals surface area contributed by atoms with E-state index < -0.39 is 10.0 Å². The molecule has 7 heteroatoms. The fourth-order valence-electron chi connectivity index (χ4n) is 2.63. The first-order valence-electron chi connectivity index (χ1n) is 7.64. The second kappa shape index (κ2) is 6.94. The average Bonchev–Trinajstić information content (AvgIpc) is 2.56. The zero-order valence-corrected chi connectivity index (χ0v) is 15.3. The Morgan fingerprint density at radius 2 is 1.75 bits per heavy atom. The quantitative estimate of drug-likeness (QED) is 0.842. The van der Waals surface area contributed by atoms with Crippen LogP contribution in [0.4, 0.5) is 11.4 Å². The van der Waals surface area contributed by atoms with Crippen LogP contribution in [0.2, 0.25) is 0 Å². The molecule has 1 saturated heterocycles. The SMILES string of the molecule is O=C(Nc1ccc(N2CCCCS2(=O)=O)cc1)c1ccccc1Br. The van der Waals surface area contributed by atoms with Crippen molar-refractivity contribution in [3.63, 3.8) is 0 Å². The van der Waals surface area contributed by atoms with Gasteiger partial charge in [-0.3, -0.25) is 9.10 Å². The molecule has 0 aromatic heterocycles. The first-order chi connectivity index (χ1) is 11.5. The molecule has 1 aliphatic rings. The summed E-state index contributed by atoms with van der Waals surface area (Å²) in [5, 5.41) is 2.81. The van der Waals surface area contributed by atoms with E-state index in [0.29, 0.717) is 29.9 Å². The van der Waals surface area contributed by atoms with Crippen LogP contribution in [0.25, 0.3) is 0 Å². The highest BCUT2D eigenvalue weighted by Crippen LogP contribution is 2.25. The second-order valence-electron chi connectivity index (χ2n) is 5.58. The van der Waals surface area contributed by atoms with Crippen LogP contribution in [-0.2, 0) is 10.0 Å². The summed E-state index contributed by atoms with van der Waals surface area (Å²) in [6.45, 7) is 0.505. The second-order valence-corrected chi connectivity index (χ2v) is 8.44. The van der Waals surface area contributed by atoms with Gasteiger partial charge < -0.3 is 5.32 Å². The number of rotatable bonds is 3. The maximum Gasteiger partial charge on any atom is 0.256 e. The number of sulfonamides is 1. The number of nitrogens with one attached hydrogen (secondary N) is 1. The van der Waals surface area contributed by atoms with Gasteiger partial charge in [0, 0.05) is 16.7 Å². The Hall–Kier alpha value is -1.86. The molecule has 0 saturated carbocycles. The third kappa shape index (κ3) is 3.62. The molecule has 0 unspecified atom stereocenters. The summed E-state index contributed by atoms with van der Waals surface area (Å²) in [6.07, 6.45) is 1.57. The third-order valence-electron chi connectivity index (χ3n) is 3.88. The molecule has 0 atom stereocenters. The first kappa shape index (κ1) is 17.0. The minimum atomic E-state index is -3.22. The van der Waals surface area contributed by atoms with Crippen LogP contribution in [0.15, 0.2) is 53.0 Å². The fourth-order valence-corrected chi connectivity index (χ4v) is 4.74. The Kier molecular flexibility index (Phi) is 4.91. The van der Waals surface area contributed by atoms with Crippen molar-refractivity contribution in [2.45, 2.75) is 12.8 Å². The number of carbonyl (C=O) groups excluding carboxylic acids is 1. The molecule has 3 rings (SSSR count). The number of halogens is 1. The summed E-state index contributed by atoms with van der Waals surface area (Å²) >= 11 is 3.35. The van der Waals surface area contributed by atoms with E-state index in [1.165, 1.54) is 4.31 Å². The van der Waals surface area contributed by atoms with Gasteiger partial charge in [-0.2, -0.15) is 0 Å². The topological polar surface area (TPSA) is 66.5 Å². The van der Waals surface area contributed by atoms with Crippen molar-refractivity contribution in [3.8, 4) is 0 Å². The van der Waals surface area contributed by atoms with E-state index in [9.17, 15) is 13.2 Å². The number of carbonyl (C=O) groups is 1. The smallest absolute Gasteiger partial charge is 0.256 e. The van der Waals surface area contributed by atoms with Crippen molar-refractivity contribution >= 4 is 43.2 Å². The maximum absolute atomic E-state index is 12.3. The molecule has 1 N–H and O–H groups in total. The number of anilines is 2. The minimum Gasteiger partial charge on any atom is -0.322 e. The average molecular weight is 409 g/mol. The predicted molar refractivity (Wildman–Crippen MR) is 98.9 cm³/mol. The van der Waals surface area contributed by atoms with Gasteiger partial charge in [0.05, 0.1) is 17.0 Å². The van der Waals surface area contributed by atoms with Gasteiger partial charge in [-0.05, 0) is 65.2 Å². The van der Waals surface area contributed by atoms with E-state index >= 15 is 0 Å². The molecule has 0 radical (unpaired) electrons. The fraction of sp³-hybridized carbons (Fsp3) is 0.235. The zero-order valence-electron chi connectivity index (χ0n) is 12.9. The van der Waals surface area contributed by atoms with Crippen LogP contribution < -0.4 is 9.62 Å². The Morgan fingerprint density at radius 3 is 2.42 bits per heavy atom. The molecule has 24 heavy (non-hydrogen) atoms. The summed E-state index contributed by atoms with van der Waals surface area (Å²) < 4.78 is 26.4. The number of benzene rings is 2. The Bertz CT molecular complexity index is 850. The van der Waals surface area contributed by atoms with Crippen LogP contribution in [-0.4, -0.2) is 26.6 Å². The molecular weight excluding hydrogens is 392 g/mol. The van der Waals surface area contributed by atoms with Crippen LogP contribution in [0.1, 0.15) is 23.2 Å². The van der Waals surface area contributed by atoms with Gasteiger partial charge in [-0.1, -0.05) is 12.1 Å². The normalized spacial score (nSPS) is 16.6. The first-order valence-corrected chi connectivity index (χ1v) is 10.0. The molecule has 0 bridgehead atoms. The van der Waals surface area contributed by atoms with Crippen LogP contribution in [0, 0.1) is 0 Å². The van der Waals surface area contributed by atoms with E-state index in [0.717, 1.165) is 10.9 Å². The van der Waals surface area contributed by atoms with E-state index in [2.05, 4.69) is 21.2 Å². The van der Waals surface area contributed by atoms with Gasteiger partial charge >= 0.3 is 0 Å². The molecule has 2 aromatic carbocycles. The van der Waals surface area contributed by atoms with Crippen LogP contribution >= 0.6 is 15.9 Å². The number of nitrogens with zero attached hydrogens (tertiary/aromatic N) is 1. The summed E-state index contributed by atoms with van der Waals surface area (Å²) in [4.78, 5) is 12.3. The molecule has 5 nitrogen and oxygen atoms in total. The molecule has 0 spiro atoms. The Balaban J connectivity index is 1.75. The lowest BCUT2D eigenvalue weighted by Gasteiger charge is -2.28. The number of amides is 1. The van der Waals surface area contributed by atoms with Gasteiger partial charge in [0.1, 0.15) is 0 Å². The van der Waals surface area contributed by atoms with Crippen molar-refractivity contribution in [1.29, 1.82) is 0 Å². The summed E-state index contributed by atoms with van der Waals surface area (Å²) in [6, 6.07) is 14.0. The van der Waals surface area contributed by atoms with E-state index in [1.807, 2.05) is 6.07 Å². The largest absolute Gasteiger partial charge is 0.322 e. The lowest BCUT2D eigenvalue weighted by Crippen LogP contribution is -2.37. The molecule has 1 fully saturated rings. The lowest BCUT2D eigenvalue weighted by atomic mass is 10.2. The van der Waals surface area contributed by atoms with Gasteiger partial charge in [0.15, 0.2) is 0 Å². The highest BCUT2D eigenvalue weighted by Gasteiger charge is 2.25. The Labute approximate surface area is 149 Å². The summed E-state index contributed by atoms with van der Waals surface area (Å²) in [7, 11) is -3.22. The lowest BCUT2D eigenvalue weighted by molar-refractivity contribution is 0.102. The standard InChI is InChI=1S/C17H17BrN2O3S/c18-16-6-2-1-5-15(16)17(21)19-13-7-9-14(10-8-13)20-11-3-4-12-24(20,22)23/h1-2,5-10H,3-4,11-12H2,(H,19,21). The molecule has 2 aromatic rings. The van der Waals surface area contributed by atoms with Gasteiger partial charge in [0.2, 0.25) is 10.0 Å². The minimum absolute atomic E-state index is 0.188. The molecule has 1 aliphatic heterocycles. The van der Waals surface area contributed by atoms with Crippen molar-refractivity contribution in [2.75, 3.05) is 21.9 Å². The van der Waals surface area contributed by atoms with Gasteiger partial charge in [0.25, 0.3) is 5.91 Å². The third-order valence-corrected chi connectivity index (χ3v) is 6.44. The number of hydrogen-bond donors (Lipinski definition) is 1. The van der Waals surface area contributed by atoms with Crippen LogP contribution in [0.5, 0.6) is 0 Å². The highest BCUT2D eigenvalue weighted by atomic mass is 79.9. The van der Waals surface area contributed by atoms with E-state index in [-0.39, 0.29) is 11.7 Å². The van der Waals surface area contributed by atoms with Gasteiger partial charge in [-0.15, -0.1) is 0 Å². The predicted octanol–water partition coefficient (Wildman–Crippen LogP) is 3.63. The van der Waals surface area contributed by atoms with E-state index in [4.69, 9.17) is 0 Å². The number of hydrogen-bond acceptors (Lipinski definition) is 3. The monoisotopic (exact) mass is 408 g/mol. The van der Waals surface area contributed by atoms with Gasteiger partial charge in [-0.25, -0.2) is 8.42 Å². The van der Waals surface area contributed by atoms with E-state index in [1.54, 1.807) is 42.5 Å². The molecule has 0 aliphatic carbocycles. The summed E-state index contributed by atoms with van der Waals surface area (Å²) in [5.41, 5.74) is 1.79. The molecule has 1 amide bonds. The van der Waals surface area contributed by atoms with Crippen molar-refractivity contribution in [1.82, 2.24) is 0 Å². The molecule has 126 valence electrons. The maximum atomic E-state index is 12.3. The summed E-state index contributed by atoms with van der Waals surface area (Å²) in [5.74, 6) is -0.0334. The molecule has 1 heterocycles. The van der Waals surface area contributed by atoms with Crippen molar-refractivity contribution < 1.29 is 13.2 Å². The Morgan fingerprint density at radius 1 is 1.04 bits per heavy atom. The van der Waals surface area contributed by atoms with Crippen molar-refractivity contribution in [3.05, 3.63) is 58.6 Å². The van der Waals surface area contributed by atoms with Crippen LogP contribution in [0.3, 0.4) is 0 Å². The molecular formula is C17H17BrN2O3S. The zero-order chi connectivity index (χ0) is 17.2. The van der Waals surface area contributed by atoms with Crippen molar-refractivity contribution in [2.24, 2.45) is 0 Å².